The number of ketones is 1. The Morgan fingerprint density at radius 2 is 1.78 bits per heavy atom. The third-order valence-electron chi connectivity index (χ3n) is 6.54. The van der Waals surface area contributed by atoms with Crippen LogP contribution in [0.15, 0.2) is 48.0 Å². The van der Waals surface area contributed by atoms with E-state index in [1.165, 1.54) is 17.0 Å². The maximum absolute atomic E-state index is 13.2. The van der Waals surface area contributed by atoms with Crippen LogP contribution in [0.2, 0.25) is 0 Å². The molecular weight excluding hydrogens is 460 g/mol. The molecule has 0 radical (unpaired) electrons. The predicted octanol–water partition coefficient (Wildman–Crippen LogP) is 3.63. The van der Waals surface area contributed by atoms with Gasteiger partial charge in [0.1, 0.15) is 17.3 Å². The molecule has 2 fully saturated rings. The summed E-state index contributed by atoms with van der Waals surface area (Å²) in [6.45, 7) is 9.96. The van der Waals surface area contributed by atoms with Gasteiger partial charge in [0.15, 0.2) is 0 Å². The number of ether oxygens (including phenoxy) is 2. The second-order valence-corrected chi connectivity index (χ2v) is 9.54. The molecule has 8 nitrogen and oxygen atoms in total. The van der Waals surface area contributed by atoms with Crippen LogP contribution in [-0.4, -0.2) is 77.2 Å². The minimum absolute atomic E-state index is 0.000399. The number of phenols is 1. The van der Waals surface area contributed by atoms with Crippen LogP contribution in [0, 0.1) is 6.92 Å². The van der Waals surface area contributed by atoms with Crippen molar-refractivity contribution in [3.05, 3.63) is 64.7 Å². The summed E-state index contributed by atoms with van der Waals surface area (Å²) in [5.74, 6) is -0.786. The molecule has 2 aliphatic heterocycles. The van der Waals surface area contributed by atoms with Crippen molar-refractivity contribution in [1.29, 1.82) is 0 Å². The van der Waals surface area contributed by atoms with E-state index in [0.717, 1.165) is 25.2 Å². The van der Waals surface area contributed by atoms with Crippen LogP contribution in [0.3, 0.4) is 0 Å². The van der Waals surface area contributed by atoms with E-state index in [1.807, 2.05) is 20.8 Å². The molecule has 0 unspecified atom stereocenters. The van der Waals surface area contributed by atoms with Gasteiger partial charge in [-0.2, -0.15) is 0 Å². The zero-order valence-corrected chi connectivity index (χ0v) is 21.1. The van der Waals surface area contributed by atoms with Crippen molar-refractivity contribution in [2.45, 2.75) is 39.3 Å². The number of amides is 1. The number of aryl methyl sites for hydroxylation is 1. The second-order valence-electron chi connectivity index (χ2n) is 9.54. The average molecular weight is 495 g/mol. The standard InChI is InChI=1S/C28H34N2O6/c1-18(2)36-23-10-7-21(17-19(23)3)26(32)24-25(20-5-8-22(31)9-6-20)30(28(34)27(24)33)12-4-11-29-13-15-35-16-14-29/h5-10,17-18,25,31-32H,4,11-16H2,1-3H3/t25-/m1/s1. The smallest absolute Gasteiger partial charge is 0.295 e. The number of likely N-dealkylation sites (tertiary alicyclic amines) is 1. The van der Waals surface area contributed by atoms with E-state index in [-0.39, 0.29) is 23.2 Å². The van der Waals surface area contributed by atoms with E-state index in [1.54, 1.807) is 30.3 Å². The van der Waals surface area contributed by atoms with E-state index in [9.17, 15) is 19.8 Å². The molecule has 36 heavy (non-hydrogen) atoms. The Kier molecular flexibility index (Phi) is 7.96. The summed E-state index contributed by atoms with van der Waals surface area (Å²) in [5.41, 5.74) is 1.96. The summed E-state index contributed by atoms with van der Waals surface area (Å²) in [4.78, 5) is 30.2. The first-order valence-electron chi connectivity index (χ1n) is 12.4. The molecule has 1 amide bonds. The zero-order chi connectivity index (χ0) is 25.8. The van der Waals surface area contributed by atoms with Crippen molar-refractivity contribution in [3.8, 4) is 11.5 Å². The van der Waals surface area contributed by atoms with Crippen LogP contribution in [-0.2, 0) is 14.3 Å². The summed E-state index contributed by atoms with van der Waals surface area (Å²) in [7, 11) is 0. The van der Waals surface area contributed by atoms with Gasteiger partial charge in [-0.3, -0.25) is 14.5 Å². The van der Waals surface area contributed by atoms with Gasteiger partial charge in [-0.25, -0.2) is 0 Å². The molecule has 0 spiro atoms. The molecule has 2 saturated heterocycles. The number of morpholine rings is 1. The molecule has 0 bridgehead atoms. The topological polar surface area (TPSA) is 99.5 Å². The highest BCUT2D eigenvalue weighted by Crippen LogP contribution is 2.40. The molecule has 2 aromatic carbocycles. The van der Waals surface area contributed by atoms with Crippen molar-refractivity contribution < 1.29 is 29.3 Å². The summed E-state index contributed by atoms with van der Waals surface area (Å²) in [6, 6.07) is 10.9. The number of rotatable bonds is 8. The molecule has 1 atom stereocenters. The van der Waals surface area contributed by atoms with Gasteiger partial charge in [-0.15, -0.1) is 0 Å². The Labute approximate surface area is 211 Å². The molecule has 0 aromatic heterocycles. The van der Waals surface area contributed by atoms with E-state index in [0.29, 0.717) is 43.1 Å². The summed E-state index contributed by atoms with van der Waals surface area (Å²) in [5, 5.41) is 21.1. The Morgan fingerprint density at radius 1 is 1.08 bits per heavy atom. The monoisotopic (exact) mass is 494 g/mol. The molecule has 2 heterocycles. The van der Waals surface area contributed by atoms with Gasteiger partial charge in [-0.1, -0.05) is 12.1 Å². The third-order valence-corrected chi connectivity index (χ3v) is 6.54. The fourth-order valence-electron chi connectivity index (χ4n) is 4.74. The van der Waals surface area contributed by atoms with Crippen molar-refractivity contribution in [2.75, 3.05) is 39.4 Å². The largest absolute Gasteiger partial charge is 0.508 e. The van der Waals surface area contributed by atoms with Crippen molar-refractivity contribution in [3.63, 3.8) is 0 Å². The summed E-state index contributed by atoms with van der Waals surface area (Å²) in [6.07, 6.45) is 0.683. The number of nitrogens with zero attached hydrogens (tertiary/aromatic N) is 2. The Balaban J connectivity index is 1.67. The van der Waals surface area contributed by atoms with E-state index in [4.69, 9.17) is 9.47 Å². The first-order valence-corrected chi connectivity index (χ1v) is 12.4. The lowest BCUT2D eigenvalue weighted by Gasteiger charge is -2.29. The van der Waals surface area contributed by atoms with Crippen molar-refractivity contribution in [1.82, 2.24) is 9.80 Å². The molecule has 0 saturated carbocycles. The lowest BCUT2D eigenvalue weighted by Crippen LogP contribution is -2.38. The van der Waals surface area contributed by atoms with Crippen LogP contribution in [0.5, 0.6) is 11.5 Å². The molecule has 0 aliphatic carbocycles. The molecular formula is C28H34N2O6. The van der Waals surface area contributed by atoms with Gasteiger partial charge in [0, 0.05) is 31.7 Å². The lowest BCUT2D eigenvalue weighted by molar-refractivity contribution is -0.140. The summed E-state index contributed by atoms with van der Waals surface area (Å²) < 4.78 is 11.2. The minimum atomic E-state index is -0.748. The van der Waals surface area contributed by atoms with E-state index in [2.05, 4.69) is 4.90 Å². The van der Waals surface area contributed by atoms with Crippen molar-refractivity contribution >= 4 is 17.4 Å². The number of hydrogen-bond acceptors (Lipinski definition) is 7. The van der Waals surface area contributed by atoms with Gasteiger partial charge in [0.2, 0.25) is 0 Å². The number of carbonyl (C=O) groups is 2. The number of benzene rings is 2. The predicted molar refractivity (Wildman–Crippen MR) is 136 cm³/mol. The molecule has 2 aromatic rings. The number of aliphatic hydroxyl groups excluding tert-OH is 1. The highest BCUT2D eigenvalue weighted by molar-refractivity contribution is 6.46. The maximum Gasteiger partial charge on any atom is 0.295 e. The molecule has 4 rings (SSSR count). The third kappa shape index (κ3) is 5.55. The number of hydrogen-bond donors (Lipinski definition) is 2. The molecule has 2 N–H and O–H groups in total. The van der Waals surface area contributed by atoms with Gasteiger partial charge in [0.05, 0.1) is 30.9 Å². The number of Topliss-reactive ketones (excluding diaryl/α,β-unsaturated/α-hetero) is 1. The van der Waals surface area contributed by atoms with Crippen LogP contribution in [0.1, 0.15) is 43.0 Å². The highest BCUT2D eigenvalue weighted by Gasteiger charge is 2.45. The number of aliphatic hydroxyl groups is 1. The quantitative estimate of drug-likeness (QED) is 0.328. The second kappa shape index (κ2) is 11.1. The number of carbonyl (C=O) groups excluding carboxylic acids is 2. The average Bonchev–Trinajstić information content (AvgIpc) is 3.11. The van der Waals surface area contributed by atoms with Crippen LogP contribution in [0.25, 0.3) is 5.76 Å². The Bertz CT molecular complexity index is 1140. The van der Waals surface area contributed by atoms with Crippen LogP contribution < -0.4 is 4.74 Å². The van der Waals surface area contributed by atoms with Gasteiger partial charge in [-0.05, 0) is 68.7 Å². The van der Waals surface area contributed by atoms with Crippen LogP contribution >= 0.6 is 0 Å². The zero-order valence-electron chi connectivity index (χ0n) is 21.1. The fraction of sp³-hybridized carbons (Fsp3) is 0.429. The van der Waals surface area contributed by atoms with Crippen molar-refractivity contribution in [2.24, 2.45) is 0 Å². The highest BCUT2D eigenvalue weighted by atomic mass is 16.5. The summed E-state index contributed by atoms with van der Waals surface area (Å²) >= 11 is 0. The fourth-order valence-corrected chi connectivity index (χ4v) is 4.74. The SMILES string of the molecule is Cc1cc(C(O)=C2C(=O)C(=O)N(CCCN3CCOCC3)[C@@H]2c2ccc(O)cc2)ccc1OC(C)C. The number of aromatic hydroxyl groups is 1. The normalized spacial score (nSPS) is 20.3. The van der Waals surface area contributed by atoms with E-state index >= 15 is 0 Å². The minimum Gasteiger partial charge on any atom is -0.508 e. The molecule has 8 heteroatoms. The first kappa shape index (κ1) is 25.7. The molecule has 192 valence electrons. The van der Waals surface area contributed by atoms with E-state index < -0.39 is 17.7 Å². The van der Waals surface area contributed by atoms with Gasteiger partial charge in [0.25, 0.3) is 11.7 Å². The first-order chi connectivity index (χ1) is 17.3. The number of phenolic OH excluding ortho intramolecular Hbond substituents is 1. The van der Waals surface area contributed by atoms with Crippen LogP contribution in [0.4, 0.5) is 0 Å². The molecule has 2 aliphatic rings. The Morgan fingerprint density at radius 3 is 2.42 bits per heavy atom. The van der Waals surface area contributed by atoms with Gasteiger partial charge >= 0.3 is 0 Å². The lowest BCUT2D eigenvalue weighted by atomic mass is 9.94. The Hall–Kier alpha value is -3.36. The van der Waals surface area contributed by atoms with Gasteiger partial charge < -0.3 is 24.6 Å². The maximum atomic E-state index is 13.2.